The molecule has 2 atom stereocenters. The van der Waals surface area contributed by atoms with Gasteiger partial charge in [-0.1, -0.05) is 24.3 Å². The third-order valence-corrected chi connectivity index (χ3v) is 5.00. The Labute approximate surface area is 208 Å². The van der Waals surface area contributed by atoms with Crippen LogP contribution in [0.4, 0.5) is 43.9 Å². The normalized spacial score (nSPS) is 14.2. The topological polar surface area (TPSA) is 50.7 Å². The number of aliphatic hydroxyl groups is 1. The Morgan fingerprint density at radius 3 is 1.95 bits per heavy atom. The van der Waals surface area contributed by atoms with Gasteiger partial charge in [0.2, 0.25) is 0 Å². The number of hydrogen-bond acceptors (Lipinski definition) is 4. The molecule has 38 heavy (non-hydrogen) atoms. The average molecular weight is 557 g/mol. The van der Waals surface area contributed by atoms with Crippen LogP contribution in [-0.2, 0) is 6.18 Å². The lowest BCUT2D eigenvalue weighted by molar-refractivity contribution is -0.274. The Kier molecular flexibility index (Phi) is 8.46. The highest BCUT2D eigenvalue weighted by atomic mass is 19.4. The molecule has 0 fully saturated rings. The van der Waals surface area contributed by atoms with Crippen LogP contribution in [0, 0.1) is 5.82 Å². The fraction of sp³-hybridized carbons (Fsp3) is 0.250. The maximum Gasteiger partial charge on any atom is 0.573 e. The van der Waals surface area contributed by atoms with E-state index in [4.69, 9.17) is 4.74 Å². The van der Waals surface area contributed by atoms with Crippen molar-refractivity contribution in [3.63, 3.8) is 0 Å². The largest absolute Gasteiger partial charge is 0.573 e. The molecule has 3 aromatic carbocycles. The van der Waals surface area contributed by atoms with Crippen molar-refractivity contribution in [2.75, 3.05) is 6.54 Å². The molecule has 0 spiro atoms. The first-order chi connectivity index (χ1) is 17.5. The first-order valence-electron chi connectivity index (χ1n) is 10.5. The van der Waals surface area contributed by atoms with Gasteiger partial charge in [-0.25, -0.2) is 4.39 Å². The van der Waals surface area contributed by atoms with Gasteiger partial charge in [0.05, 0.1) is 11.6 Å². The Hall–Kier alpha value is -3.52. The molecule has 4 nitrogen and oxygen atoms in total. The highest BCUT2D eigenvalue weighted by Gasteiger charge is 2.39. The van der Waals surface area contributed by atoms with Crippen molar-refractivity contribution in [2.45, 2.75) is 30.9 Å². The first kappa shape index (κ1) is 29.0. The first-order valence-corrected chi connectivity index (χ1v) is 10.5. The zero-order valence-electron chi connectivity index (χ0n) is 18.8. The molecule has 0 amide bonds. The fourth-order valence-corrected chi connectivity index (χ4v) is 3.32. The minimum atomic E-state index is -5.04. The molecule has 0 saturated carbocycles. The lowest BCUT2D eigenvalue weighted by Gasteiger charge is -2.24. The predicted molar refractivity (Wildman–Crippen MR) is 113 cm³/mol. The molecule has 0 aliphatic carbocycles. The number of ether oxygens (including phenoxy) is 2. The summed E-state index contributed by atoms with van der Waals surface area (Å²) in [6.07, 6.45) is -17.8. The van der Waals surface area contributed by atoms with Crippen molar-refractivity contribution in [2.24, 2.45) is 0 Å². The van der Waals surface area contributed by atoms with Crippen LogP contribution in [-0.4, -0.2) is 30.3 Å². The molecule has 2 N–H and O–H groups in total. The molecule has 0 saturated heterocycles. The smallest absolute Gasteiger partial charge is 0.457 e. The third kappa shape index (κ3) is 7.99. The van der Waals surface area contributed by atoms with Crippen LogP contribution in [0.5, 0.6) is 17.2 Å². The molecule has 2 unspecified atom stereocenters. The van der Waals surface area contributed by atoms with Crippen LogP contribution in [0.1, 0.15) is 22.7 Å². The Balaban J connectivity index is 1.94. The Morgan fingerprint density at radius 2 is 1.37 bits per heavy atom. The number of halogens is 10. The summed E-state index contributed by atoms with van der Waals surface area (Å²) in [6, 6.07) is 9.48. The van der Waals surface area contributed by atoms with Gasteiger partial charge in [-0.2, -0.15) is 26.3 Å². The number of rotatable bonds is 8. The standard InChI is InChI=1S/C24H17F10NO3/c25-19-10-14(22(26,27)28)7-8-18(19)21(35-12-20(36)23(29,30)31)13-3-1-4-15(9-13)37-16-5-2-6-17(11-16)38-24(32,33)34/h1-11,20-21,35-36H,12H2. The Morgan fingerprint density at radius 1 is 0.763 bits per heavy atom. The fourth-order valence-electron chi connectivity index (χ4n) is 3.32. The summed E-state index contributed by atoms with van der Waals surface area (Å²) in [5, 5.41) is 11.6. The molecule has 0 bridgehead atoms. The van der Waals surface area contributed by atoms with E-state index in [1.165, 1.54) is 36.4 Å². The molecule has 3 aromatic rings. The predicted octanol–water partition coefficient (Wildman–Crippen LogP) is 7.14. The number of hydrogen-bond donors (Lipinski definition) is 2. The number of aliphatic hydroxyl groups excluding tert-OH is 1. The second-order valence-electron chi connectivity index (χ2n) is 7.83. The van der Waals surface area contributed by atoms with Gasteiger partial charge >= 0.3 is 18.7 Å². The quantitative estimate of drug-likeness (QED) is 0.289. The highest BCUT2D eigenvalue weighted by molar-refractivity contribution is 5.42. The summed E-state index contributed by atoms with van der Waals surface area (Å²) >= 11 is 0. The molecular weight excluding hydrogens is 540 g/mol. The minimum absolute atomic E-state index is 0.0122. The van der Waals surface area contributed by atoms with E-state index in [0.717, 1.165) is 18.2 Å². The molecule has 14 heteroatoms. The molecule has 0 heterocycles. The van der Waals surface area contributed by atoms with E-state index < -0.39 is 60.1 Å². The van der Waals surface area contributed by atoms with E-state index in [2.05, 4.69) is 10.1 Å². The number of nitrogens with one attached hydrogen (secondary N) is 1. The minimum Gasteiger partial charge on any atom is -0.457 e. The second-order valence-corrected chi connectivity index (χ2v) is 7.83. The molecule has 0 aliphatic heterocycles. The molecule has 0 radical (unpaired) electrons. The van der Waals surface area contributed by atoms with E-state index in [9.17, 15) is 49.0 Å². The van der Waals surface area contributed by atoms with Gasteiger partial charge in [-0.3, -0.25) is 0 Å². The van der Waals surface area contributed by atoms with Crippen LogP contribution in [0.3, 0.4) is 0 Å². The van der Waals surface area contributed by atoms with Gasteiger partial charge in [0.1, 0.15) is 23.1 Å². The molecule has 0 aliphatic rings. The maximum absolute atomic E-state index is 14.7. The van der Waals surface area contributed by atoms with Crippen LogP contribution < -0.4 is 14.8 Å². The van der Waals surface area contributed by atoms with Crippen molar-refractivity contribution in [3.8, 4) is 17.2 Å². The summed E-state index contributed by atoms with van der Waals surface area (Å²) in [6.45, 7) is -1.14. The summed E-state index contributed by atoms with van der Waals surface area (Å²) in [4.78, 5) is 0. The second kappa shape index (κ2) is 11.1. The number of alkyl halides is 9. The van der Waals surface area contributed by atoms with Crippen LogP contribution in [0.15, 0.2) is 66.7 Å². The van der Waals surface area contributed by atoms with Crippen LogP contribution >= 0.6 is 0 Å². The summed E-state index contributed by atoms with van der Waals surface area (Å²) in [7, 11) is 0. The SMILES string of the molecule is OC(CNC(c1cccc(Oc2cccc(OC(F)(F)F)c2)c1)c1ccc(C(F)(F)F)cc1F)C(F)(F)F. The lowest BCUT2D eigenvalue weighted by atomic mass is 9.96. The van der Waals surface area contributed by atoms with Gasteiger partial charge < -0.3 is 19.9 Å². The van der Waals surface area contributed by atoms with E-state index in [0.29, 0.717) is 6.07 Å². The Bertz CT molecular complexity index is 1240. The maximum atomic E-state index is 14.7. The zero-order chi connectivity index (χ0) is 28.3. The van der Waals surface area contributed by atoms with Crippen LogP contribution in [0.2, 0.25) is 0 Å². The molecule has 0 aromatic heterocycles. The van der Waals surface area contributed by atoms with Gasteiger partial charge in [-0.15, -0.1) is 13.2 Å². The summed E-state index contributed by atoms with van der Waals surface area (Å²) in [5.41, 5.74) is -1.78. The van der Waals surface area contributed by atoms with Crippen molar-refractivity contribution < 1.29 is 58.5 Å². The van der Waals surface area contributed by atoms with Crippen molar-refractivity contribution in [3.05, 3.63) is 89.2 Å². The van der Waals surface area contributed by atoms with Crippen molar-refractivity contribution in [1.29, 1.82) is 0 Å². The highest BCUT2D eigenvalue weighted by Crippen LogP contribution is 2.35. The molecular formula is C24H17F10NO3. The van der Waals surface area contributed by atoms with E-state index in [1.54, 1.807) is 0 Å². The van der Waals surface area contributed by atoms with E-state index in [1.807, 2.05) is 0 Å². The van der Waals surface area contributed by atoms with E-state index >= 15 is 0 Å². The average Bonchev–Trinajstić information content (AvgIpc) is 2.78. The monoisotopic (exact) mass is 557 g/mol. The third-order valence-electron chi connectivity index (χ3n) is 5.00. The number of benzene rings is 3. The molecule has 206 valence electrons. The zero-order valence-corrected chi connectivity index (χ0v) is 18.8. The van der Waals surface area contributed by atoms with Gasteiger partial charge in [-0.05, 0) is 42.0 Å². The van der Waals surface area contributed by atoms with Crippen LogP contribution in [0.25, 0.3) is 0 Å². The van der Waals surface area contributed by atoms with Gasteiger partial charge in [0, 0.05) is 18.2 Å². The summed E-state index contributed by atoms with van der Waals surface area (Å²) < 4.78 is 139. The van der Waals surface area contributed by atoms with E-state index in [-0.39, 0.29) is 23.1 Å². The van der Waals surface area contributed by atoms with Gasteiger partial charge in [0.15, 0.2) is 6.10 Å². The van der Waals surface area contributed by atoms with Crippen molar-refractivity contribution >= 4 is 0 Å². The lowest BCUT2D eigenvalue weighted by Crippen LogP contribution is -2.40. The molecule has 3 rings (SSSR count). The van der Waals surface area contributed by atoms with Crippen molar-refractivity contribution in [1.82, 2.24) is 5.32 Å². The van der Waals surface area contributed by atoms with Gasteiger partial charge in [0.25, 0.3) is 0 Å². The summed E-state index contributed by atoms with van der Waals surface area (Å²) in [5.74, 6) is -2.16.